The number of hydrogen-bond donors (Lipinski definition) is 0. The van der Waals surface area contributed by atoms with E-state index >= 15 is 0 Å². The molecule has 1 atom stereocenters. The highest BCUT2D eigenvalue weighted by Crippen LogP contribution is 2.16. The van der Waals surface area contributed by atoms with Crippen molar-refractivity contribution < 1.29 is 28.6 Å². The van der Waals surface area contributed by atoms with Crippen LogP contribution >= 0.6 is 0 Å². The average Bonchev–Trinajstić information content (AvgIpc) is 3.12. The first kappa shape index (κ1) is 51.4. The van der Waals surface area contributed by atoms with Crippen LogP contribution < -0.4 is 0 Å². The first-order valence-corrected chi connectivity index (χ1v) is 23.2. The number of rotatable bonds is 41. The second-order valence-corrected chi connectivity index (χ2v) is 17.0. The molecule has 0 N–H and O–H groups in total. The SMILES string of the molecule is CCCCCCCCCCCCCCCCC(=O)OC[C@H](COC(=O)CCCCCCCCCC(C)C)OC(=O)CCCCCCCCCCC(C)C. The summed E-state index contributed by atoms with van der Waals surface area (Å²) in [5.41, 5.74) is 0. The molecule has 0 unspecified atom stereocenters. The van der Waals surface area contributed by atoms with E-state index in [2.05, 4.69) is 34.6 Å². The highest BCUT2D eigenvalue weighted by molar-refractivity contribution is 5.71. The van der Waals surface area contributed by atoms with Gasteiger partial charge in [-0.05, 0) is 31.1 Å². The molecule has 6 heteroatoms. The van der Waals surface area contributed by atoms with Gasteiger partial charge in [-0.2, -0.15) is 0 Å². The molecule has 0 saturated carbocycles. The van der Waals surface area contributed by atoms with Crippen LogP contribution in [0.3, 0.4) is 0 Å². The molecule has 0 aromatic heterocycles. The van der Waals surface area contributed by atoms with Crippen LogP contribution in [0.5, 0.6) is 0 Å². The Balaban J connectivity index is 4.32. The van der Waals surface area contributed by atoms with Crippen molar-refractivity contribution in [1.29, 1.82) is 0 Å². The minimum absolute atomic E-state index is 0.0654. The van der Waals surface area contributed by atoms with Gasteiger partial charge < -0.3 is 14.2 Å². The third kappa shape index (κ3) is 41.4. The average molecular weight is 751 g/mol. The third-order valence-corrected chi connectivity index (χ3v) is 10.5. The summed E-state index contributed by atoms with van der Waals surface area (Å²) < 4.78 is 16.7. The van der Waals surface area contributed by atoms with Crippen LogP contribution in [0.1, 0.15) is 253 Å². The van der Waals surface area contributed by atoms with Gasteiger partial charge in [-0.3, -0.25) is 14.4 Å². The molecular formula is C47H90O6. The lowest BCUT2D eigenvalue weighted by molar-refractivity contribution is -0.167. The number of carbonyl (C=O) groups is 3. The molecular weight excluding hydrogens is 661 g/mol. The van der Waals surface area contributed by atoms with Crippen molar-refractivity contribution in [1.82, 2.24) is 0 Å². The Kier molecular flexibility index (Phi) is 38.9. The molecule has 0 saturated heterocycles. The lowest BCUT2D eigenvalue weighted by atomic mass is 10.0. The second-order valence-electron chi connectivity index (χ2n) is 17.0. The molecule has 6 nitrogen and oxygen atoms in total. The highest BCUT2D eigenvalue weighted by Gasteiger charge is 2.19. The molecule has 0 aromatic rings. The van der Waals surface area contributed by atoms with Gasteiger partial charge in [-0.1, -0.05) is 214 Å². The van der Waals surface area contributed by atoms with E-state index in [1.807, 2.05) is 0 Å². The topological polar surface area (TPSA) is 78.9 Å². The van der Waals surface area contributed by atoms with Crippen LogP contribution in [-0.2, 0) is 28.6 Å². The molecule has 0 aliphatic heterocycles. The number of carbonyl (C=O) groups excluding carboxylic acids is 3. The minimum Gasteiger partial charge on any atom is -0.462 e. The van der Waals surface area contributed by atoms with E-state index in [9.17, 15) is 14.4 Å². The molecule has 0 bridgehead atoms. The van der Waals surface area contributed by atoms with Gasteiger partial charge in [0.1, 0.15) is 13.2 Å². The summed E-state index contributed by atoms with van der Waals surface area (Å²) in [5, 5.41) is 0. The Morgan fingerprint density at radius 2 is 0.623 bits per heavy atom. The third-order valence-electron chi connectivity index (χ3n) is 10.5. The number of esters is 3. The Hall–Kier alpha value is -1.59. The lowest BCUT2D eigenvalue weighted by Crippen LogP contribution is -2.30. The molecule has 0 aliphatic carbocycles. The first-order chi connectivity index (χ1) is 25.7. The maximum absolute atomic E-state index is 12.7. The Bertz CT molecular complexity index is 809. The van der Waals surface area contributed by atoms with Crippen LogP contribution in [0.25, 0.3) is 0 Å². The normalized spacial score (nSPS) is 12.1. The maximum atomic E-state index is 12.7. The Morgan fingerprint density at radius 3 is 0.925 bits per heavy atom. The molecule has 0 amide bonds. The summed E-state index contributed by atoms with van der Waals surface area (Å²) in [6.07, 6.45) is 38.1. The highest BCUT2D eigenvalue weighted by atomic mass is 16.6. The monoisotopic (exact) mass is 751 g/mol. The summed E-state index contributed by atoms with van der Waals surface area (Å²) in [7, 11) is 0. The summed E-state index contributed by atoms with van der Waals surface area (Å²) in [5.74, 6) is 0.715. The van der Waals surface area contributed by atoms with Crippen LogP contribution in [-0.4, -0.2) is 37.2 Å². The fourth-order valence-electron chi connectivity index (χ4n) is 6.93. The predicted molar refractivity (Wildman–Crippen MR) is 224 cm³/mol. The number of ether oxygens (including phenoxy) is 3. The zero-order valence-corrected chi connectivity index (χ0v) is 36.1. The fraction of sp³-hybridized carbons (Fsp3) is 0.936. The second kappa shape index (κ2) is 40.1. The lowest BCUT2D eigenvalue weighted by Gasteiger charge is -2.18. The molecule has 0 aromatic carbocycles. The molecule has 0 rings (SSSR count). The first-order valence-electron chi connectivity index (χ1n) is 23.2. The van der Waals surface area contributed by atoms with Gasteiger partial charge >= 0.3 is 17.9 Å². The number of hydrogen-bond acceptors (Lipinski definition) is 6. The molecule has 0 aliphatic rings. The molecule has 314 valence electrons. The summed E-state index contributed by atoms with van der Waals surface area (Å²) in [6, 6.07) is 0. The van der Waals surface area contributed by atoms with E-state index in [-0.39, 0.29) is 31.1 Å². The van der Waals surface area contributed by atoms with Crippen molar-refractivity contribution in [2.45, 2.75) is 259 Å². The molecule has 0 fully saturated rings. The van der Waals surface area contributed by atoms with Crippen molar-refractivity contribution in [2.75, 3.05) is 13.2 Å². The van der Waals surface area contributed by atoms with Crippen molar-refractivity contribution in [2.24, 2.45) is 11.8 Å². The van der Waals surface area contributed by atoms with E-state index in [0.717, 1.165) is 69.6 Å². The van der Waals surface area contributed by atoms with Gasteiger partial charge in [0.15, 0.2) is 6.10 Å². The molecule has 53 heavy (non-hydrogen) atoms. The zero-order chi connectivity index (χ0) is 39.0. The van der Waals surface area contributed by atoms with Gasteiger partial charge in [0.05, 0.1) is 0 Å². The molecule has 0 spiro atoms. The van der Waals surface area contributed by atoms with Gasteiger partial charge in [0, 0.05) is 19.3 Å². The van der Waals surface area contributed by atoms with Crippen LogP contribution in [0.4, 0.5) is 0 Å². The van der Waals surface area contributed by atoms with E-state index in [1.54, 1.807) is 0 Å². The quantitative estimate of drug-likeness (QED) is 0.0352. The van der Waals surface area contributed by atoms with Crippen molar-refractivity contribution >= 4 is 17.9 Å². The smallest absolute Gasteiger partial charge is 0.306 e. The van der Waals surface area contributed by atoms with Crippen molar-refractivity contribution in [3.8, 4) is 0 Å². The van der Waals surface area contributed by atoms with Crippen molar-refractivity contribution in [3.63, 3.8) is 0 Å². The summed E-state index contributed by atoms with van der Waals surface area (Å²) in [6.45, 7) is 11.3. The van der Waals surface area contributed by atoms with Gasteiger partial charge in [-0.25, -0.2) is 0 Å². The van der Waals surface area contributed by atoms with Gasteiger partial charge in [0.25, 0.3) is 0 Å². The van der Waals surface area contributed by atoms with E-state index in [1.165, 1.54) is 141 Å². The largest absolute Gasteiger partial charge is 0.462 e. The molecule has 0 radical (unpaired) electrons. The van der Waals surface area contributed by atoms with E-state index in [4.69, 9.17) is 14.2 Å². The summed E-state index contributed by atoms with van der Waals surface area (Å²) >= 11 is 0. The van der Waals surface area contributed by atoms with E-state index < -0.39 is 6.10 Å². The van der Waals surface area contributed by atoms with Gasteiger partial charge in [-0.15, -0.1) is 0 Å². The van der Waals surface area contributed by atoms with E-state index in [0.29, 0.717) is 19.3 Å². The maximum Gasteiger partial charge on any atom is 0.306 e. The minimum atomic E-state index is -0.761. The number of unbranched alkanes of at least 4 members (excludes halogenated alkanes) is 26. The summed E-state index contributed by atoms with van der Waals surface area (Å²) in [4.78, 5) is 37.7. The Labute approximate surface area is 329 Å². The fourth-order valence-corrected chi connectivity index (χ4v) is 6.93. The van der Waals surface area contributed by atoms with Crippen molar-refractivity contribution in [3.05, 3.63) is 0 Å². The Morgan fingerprint density at radius 1 is 0.358 bits per heavy atom. The van der Waals surface area contributed by atoms with Crippen LogP contribution in [0.15, 0.2) is 0 Å². The van der Waals surface area contributed by atoms with Crippen LogP contribution in [0, 0.1) is 11.8 Å². The zero-order valence-electron chi connectivity index (χ0n) is 36.1. The predicted octanol–water partition coefficient (Wildman–Crippen LogP) is 14.6. The molecule has 0 heterocycles. The van der Waals surface area contributed by atoms with Gasteiger partial charge in [0.2, 0.25) is 0 Å². The standard InChI is InChI=1S/C47H90O6/c1-6-7-8-9-10-11-12-13-14-15-16-22-27-32-37-45(48)51-40-44(41-52-46(49)38-33-28-24-19-21-26-31-36-43(4)5)53-47(50)39-34-29-23-18-17-20-25-30-35-42(2)3/h42-44H,6-41H2,1-5H3/t44-/m1/s1. The van der Waals surface area contributed by atoms with Crippen LogP contribution in [0.2, 0.25) is 0 Å².